The van der Waals surface area contributed by atoms with Gasteiger partial charge in [0.1, 0.15) is 12.4 Å². The number of carbonyl (C=O) groups excluding carboxylic acids is 1. The molecule has 6 nitrogen and oxygen atoms in total. The number of piperidine rings is 1. The van der Waals surface area contributed by atoms with Crippen LogP contribution in [0.2, 0.25) is 0 Å². The Morgan fingerprint density at radius 3 is 2.85 bits per heavy atom. The predicted molar refractivity (Wildman–Crippen MR) is 108 cm³/mol. The summed E-state index contributed by atoms with van der Waals surface area (Å²) >= 11 is 1.46. The van der Waals surface area contributed by atoms with Crippen molar-refractivity contribution in [2.45, 2.75) is 26.3 Å². The lowest BCUT2D eigenvalue weighted by Crippen LogP contribution is -2.32. The summed E-state index contributed by atoms with van der Waals surface area (Å²) in [5.41, 5.74) is 1.50. The lowest BCUT2D eigenvalue weighted by molar-refractivity contribution is 0.101. The van der Waals surface area contributed by atoms with E-state index in [0.29, 0.717) is 29.7 Å². The normalized spacial score (nSPS) is 15.6. The van der Waals surface area contributed by atoms with Gasteiger partial charge in [-0.15, -0.1) is 11.3 Å². The predicted octanol–water partition coefficient (Wildman–Crippen LogP) is 3.65. The van der Waals surface area contributed by atoms with Crippen LogP contribution >= 0.6 is 11.3 Å². The summed E-state index contributed by atoms with van der Waals surface area (Å²) in [5.74, 6) is 1.15. The number of nitrogens with zero attached hydrogens (tertiary/aromatic N) is 2. The minimum Gasteiger partial charge on any atom is -0.490 e. The van der Waals surface area contributed by atoms with E-state index in [0.717, 1.165) is 31.2 Å². The average Bonchev–Trinajstić information content (AvgIpc) is 3.11. The van der Waals surface area contributed by atoms with Gasteiger partial charge >= 0.3 is 0 Å². The molecule has 27 heavy (non-hydrogen) atoms. The number of anilines is 1. The molecule has 7 heteroatoms. The van der Waals surface area contributed by atoms with E-state index >= 15 is 0 Å². The third-order valence-corrected chi connectivity index (χ3v) is 5.52. The first kappa shape index (κ1) is 19.8. The minimum absolute atomic E-state index is 0.212. The van der Waals surface area contributed by atoms with Crippen molar-refractivity contribution in [3.05, 3.63) is 40.9 Å². The fourth-order valence-corrected chi connectivity index (χ4v) is 3.76. The number of methoxy groups -OCH3 is 1. The maximum atomic E-state index is 12.6. The first-order valence-corrected chi connectivity index (χ1v) is 10.2. The Labute approximate surface area is 164 Å². The average molecular weight is 390 g/mol. The first-order valence-electron chi connectivity index (χ1n) is 9.34. The van der Waals surface area contributed by atoms with Crippen molar-refractivity contribution in [3.63, 3.8) is 0 Å². The molecule has 3 rings (SSSR count). The molecule has 0 aliphatic carbocycles. The molecular weight excluding hydrogens is 362 g/mol. The Morgan fingerprint density at radius 1 is 1.30 bits per heavy atom. The number of rotatable bonds is 8. The number of nitrogens with one attached hydrogen (secondary N) is 1. The molecule has 2 aromatic rings. The zero-order chi connectivity index (χ0) is 19.1. The van der Waals surface area contributed by atoms with Crippen molar-refractivity contribution in [3.8, 4) is 5.75 Å². The van der Waals surface area contributed by atoms with Gasteiger partial charge in [-0.3, -0.25) is 15.0 Å². The summed E-state index contributed by atoms with van der Waals surface area (Å²) in [6, 6.07) is 7.21. The maximum absolute atomic E-state index is 12.6. The number of amides is 1. The Morgan fingerprint density at radius 2 is 2.07 bits per heavy atom. The highest BCUT2D eigenvalue weighted by molar-refractivity contribution is 7.14. The van der Waals surface area contributed by atoms with E-state index in [1.54, 1.807) is 19.2 Å². The molecule has 1 amide bonds. The molecule has 1 saturated heterocycles. The van der Waals surface area contributed by atoms with Gasteiger partial charge in [0.25, 0.3) is 5.91 Å². The highest BCUT2D eigenvalue weighted by atomic mass is 32.1. The van der Waals surface area contributed by atoms with Crippen molar-refractivity contribution in [1.29, 1.82) is 0 Å². The zero-order valence-electron chi connectivity index (χ0n) is 15.9. The quantitative estimate of drug-likeness (QED) is 0.698. The van der Waals surface area contributed by atoms with Gasteiger partial charge in [0.2, 0.25) is 0 Å². The van der Waals surface area contributed by atoms with E-state index in [1.807, 2.05) is 17.5 Å². The Kier molecular flexibility index (Phi) is 7.20. The van der Waals surface area contributed by atoms with Crippen molar-refractivity contribution in [1.82, 2.24) is 9.88 Å². The van der Waals surface area contributed by atoms with Gasteiger partial charge in [-0.25, -0.2) is 4.98 Å². The number of aromatic nitrogens is 1. The number of ether oxygens (including phenoxy) is 2. The van der Waals surface area contributed by atoms with Crippen LogP contribution in [0.15, 0.2) is 29.6 Å². The van der Waals surface area contributed by atoms with E-state index in [4.69, 9.17) is 9.47 Å². The number of hydrogen-bond acceptors (Lipinski definition) is 6. The van der Waals surface area contributed by atoms with Crippen molar-refractivity contribution in [2.75, 3.05) is 38.7 Å². The maximum Gasteiger partial charge on any atom is 0.261 e. The van der Waals surface area contributed by atoms with E-state index in [2.05, 4.69) is 22.1 Å². The number of thiazole rings is 1. The number of hydrogen-bond donors (Lipinski definition) is 1. The standard InChI is InChI=1S/C20H27N3O3S/c1-15-7-9-23(10-8-15)13-16-14-27-20(21-16)22-19(24)17-5-3-4-6-18(17)26-12-11-25-2/h3-6,14-15H,7-13H2,1-2H3,(H,21,22,24). The molecule has 0 atom stereocenters. The summed E-state index contributed by atoms with van der Waals surface area (Å²) < 4.78 is 10.6. The number of para-hydroxylation sites is 1. The van der Waals surface area contributed by atoms with Gasteiger partial charge in [0.05, 0.1) is 17.9 Å². The second kappa shape index (κ2) is 9.82. The van der Waals surface area contributed by atoms with Crippen LogP contribution in [-0.4, -0.2) is 49.2 Å². The van der Waals surface area contributed by atoms with Gasteiger partial charge in [-0.05, 0) is 44.0 Å². The highest BCUT2D eigenvalue weighted by Crippen LogP contribution is 2.23. The number of carbonyl (C=O) groups is 1. The molecule has 146 valence electrons. The summed E-state index contributed by atoms with van der Waals surface area (Å²) in [4.78, 5) is 19.6. The molecule has 1 aliphatic rings. The second-order valence-corrected chi connectivity index (χ2v) is 7.75. The van der Waals surface area contributed by atoms with Crippen molar-refractivity contribution < 1.29 is 14.3 Å². The molecule has 1 aromatic heterocycles. The summed E-state index contributed by atoms with van der Waals surface area (Å²) in [7, 11) is 1.62. The number of likely N-dealkylation sites (tertiary alicyclic amines) is 1. The van der Waals surface area contributed by atoms with Gasteiger partial charge in [0.15, 0.2) is 5.13 Å². The van der Waals surface area contributed by atoms with E-state index < -0.39 is 0 Å². The van der Waals surface area contributed by atoms with E-state index in [-0.39, 0.29) is 5.91 Å². The smallest absolute Gasteiger partial charge is 0.261 e. The van der Waals surface area contributed by atoms with E-state index in [9.17, 15) is 4.79 Å². The molecule has 0 bridgehead atoms. The Bertz CT molecular complexity index is 742. The topological polar surface area (TPSA) is 63.7 Å². The molecule has 1 fully saturated rings. The van der Waals surface area contributed by atoms with Crippen LogP contribution in [-0.2, 0) is 11.3 Å². The van der Waals surface area contributed by atoms with Gasteiger partial charge in [-0.1, -0.05) is 19.1 Å². The van der Waals surface area contributed by atoms with Crippen molar-refractivity contribution >= 4 is 22.4 Å². The SMILES string of the molecule is COCCOc1ccccc1C(=O)Nc1nc(CN2CCC(C)CC2)cs1. The second-order valence-electron chi connectivity index (χ2n) is 6.89. The largest absolute Gasteiger partial charge is 0.490 e. The molecule has 1 N–H and O–H groups in total. The third-order valence-electron chi connectivity index (χ3n) is 4.71. The molecule has 2 heterocycles. The van der Waals surface area contributed by atoms with E-state index in [1.165, 1.54) is 24.2 Å². The van der Waals surface area contributed by atoms with Gasteiger partial charge in [0, 0.05) is 19.0 Å². The van der Waals surface area contributed by atoms with Crippen LogP contribution in [0.25, 0.3) is 0 Å². The molecule has 0 unspecified atom stereocenters. The third kappa shape index (κ3) is 5.76. The molecule has 1 aromatic carbocycles. The van der Waals surface area contributed by atoms with Gasteiger partial charge in [-0.2, -0.15) is 0 Å². The molecule has 0 radical (unpaired) electrons. The summed E-state index contributed by atoms with van der Waals surface area (Å²) in [5, 5.41) is 5.53. The lowest BCUT2D eigenvalue weighted by atomic mass is 9.99. The monoisotopic (exact) mass is 389 g/mol. The molecule has 0 saturated carbocycles. The van der Waals surface area contributed by atoms with Crippen LogP contribution < -0.4 is 10.1 Å². The lowest BCUT2D eigenvalue weighted by Gasteiger charge is -2.29. The molecule has 0 spiro atoms. The highest BCUT2D eigenvalue weighted by Gasteiger charge is 2.18. The first-order chi connectivity index (χ1) is 13.2. The Hall–Kier alpha value is -1.96. The van der Waals surface area contributed by atoms with Crippen molar-refractivity contribution in [2.24, 2.45) is 5.92 Å². The molecular formula is C20H27N3O3S. The number of benzene rings is 1. The fourth-order valence-electron chi connectivity index (χ4n) is 3.07. The summed E-state index contributed by atoms with van der Waals surface area (Å²) in [6.45, 7) is 6.26. The Balaban J connectivity index is 1.58. The van der Waals surface area contributed by atoms with Crippen LogP contribution in [0.5, 0.6) is 5.75 Å². The van der Waals surface area contributed by atoms with Crippen LogP contribution in [0.1, 0.15) is 35.8 Å². The minimum atomic E-state index is -0.212. The van der Waals surface area contributed by atoms with Crippen LogP contribution in [0.4, 0.5) is 5.13 Å². The van der Waals surface area contributed by atoms with Gasteiger partial charge < -0.3 is 9.47 Å². The zero-order valence-corrected chi connectivity index (χ0v) is 16.8. The molecule has 1 aliphatic heterocycles. The summed E-state index contributed by atoms with van der Waals surface area (Å²) in [6.07, 6.45) is 2.49. The fraction of sp³-hybridized carbons (Fsp3) is 0.500. The van der Waals surface area contributed by atoms with Crippen LogP contribution in [0, 0.1) is 5.92 Å². The van der Waals surface area contributed by atoms with Crippen LogP contribution in [0.3, 0.4) is 0 Å².